The van der Waals surface area contributed by atoms with Crippen molar-refractivity contribution in [3.05, 3.63) is 35.9 Å². The summed E-state index contributed by atoms with van der Waals surface area (Å²) in [6.45, 7) is 7.66. The second-order valence-electron chi connectivity index (χ2n) is 7.15. The second kappa shape index (κ2) is 10.2. The topological polar surface area (TPSA) is 104 Å². The number of nitrogens with one attached hydrogen (secondary N) is 2. The molecule has 1 rings (SSSR count). The number of carbonyl (C=O) groups is 2. The monoisotopic (exact) mass is 349 g/mol. The zero-order valence-corrected chi connectivity index (χ0v) is 15.5. The fraction of sp³-hybridized carbons (Fsp3) is 0.579. The van der Waals surface area contributed by atoms with Crippen molar-refractivity contribution in [3.8, 4) is 0 Å². The summed E-state index contributed by atoms with van der Waals surface area (Å²) in [5, 5.41) is 15.7. The molecule has 0 radical (unpaired) electrons. The second-order valence-corrected chi connectivity index (χ2v) is 7.15. The number of aliphatic hydroxyl groups excluding tert-OH is 1. The Hall–Kier alpha value is -1.92. The van der Waals surface area contributed by atoms with Crippen LogP contribution in [-0.2, 0) is 16.0 Å². The van der Waals surface area contributed by atoms with Crippen LogP contribution in [0.2, 0.25) is 0 Å². The van der Waals surface area contributed by atoms with Gasteiger partial charge in [0.2, 0.25) is 5.91 Å². The normalized spacial score (nSPS) is 14.9. The Morgan fingerprint density at radius 2 is 1.64 bits per heavy atom. The van der Waals surface area contributed by atoms with E-state index in [-0.39, 0.29) is 17.9 Å². The van der Waals surface area contributed by atoms with Crippen molar-refractivity contribution in [2.24, 2.45) is 11.7 Å². The van der Waals surface area contributed by atoms with Crippen molar-refractivity contribution >= 4 is 11.8 Å². The standard InChI is InChI=1S/C19H31N3O3/c1-12(2)10-16(18(24)21-13(3)4)22-19(25)17(23)15(20)11-14-8-6-5-7-9-14/h5-9,12-13,15-17,23H,10-11,20H2,1-4H3,(H,21,24)(H,22,25). The van der Waals surface area contributed by atoms with Gasteiger partial charge in [0.05, 0.1) is 0 Å². The highest BCUT2D eigenvalue weighted by atomic mass is 16.3. The molecule has 0 heterocycles. The van der Waals surface area contributed by atoms with Crippen LogP contribution in [0.1, 0.15) is 39.7 Å². The first-order chi connectivity index (χ1) is 11.7. The van der Waals surface area contributed by atoms with Gasteiger partial charge in [-0.1, -0.05) is 44.2 Å². The predicted octanol–water partition coefficient (Wildman–Crippen LogP) is 0.973. The molecule has 0 aliphatic rings. The van der Waals surface area contributed by atoms with Crippen LogP contribution >= 0.6 is 0 Å². The van der Waals surface area contributed by atoms with E-state index in [9.17, 15) is 14.7 Å². The Morgan fingerprint density at radius 3 is 2.16 bits per heavy atom. The third-order valence-corrected chi connectivity index (χ3v) is 3.76. The van der Waals surface area contributed by atoms with Crippen molar-refractivity contribution in [1.29, 1.82) is 0 Å². The van der Waals surface area contributed by atoms with Crippen molar-refractivity contribution in [3.63, 3.8) is 0 Å². The summed E-state index contributed by atoms with van der Waals surface area (Å²) in [5.74, 6) is -0.646. The number of hydrogen-bond acceptors (Lipinski definition) is 4. The van der Waals surface area contributed by atoms with Crippen LogP contribution < -0.4 is 16.4 Å². The summed E-state index contributed by atoms with van der Waals surface area (Å²) in [6.07, 6.45) is -0.505. The average molecular weight is 349 g/mol. The molecule has 5 N–H and O–H groups in total. The van der Waals surface area contributed by atoms with Crippen molar-refractivity contribution < 1.29 is 14.7 Å². The van der Waals surface area contributed by atoms with Gasteiger partial charge >= 0.3 is 0 Å². The zero-order valence-electron chi connectivity index (χ0n) is 15.5. The first kappa shape index (κ1) is 21.1. The van der Waals surface area contributed by atoms with E-state index in [0.717, 1.165) is 5.56 Å². The van der Waals surface area contributed by atoms with Crippen molar-refractivity contribution in [1.82, 2.24) is 10.6 Å². The van der Waals surface area contributed by atoms with Crippen LogP contribution in [0.4, 0.5) is 0 Å². The quantitative estimate of drug-likeness (QED) is 0.533. The van der Waals surface area contributed by atoms with Crippen molar-refractivity contribution in [2.45, 2.75) is 64.8 Å². The Labute approximate surface area is 150 Å². The van der Waals surface area contributed by atoms with Gasteiger partial charge in [-0.3, -0.25) is 9.59 Å². The molecule has 6 heteroatoms. The molecule has 0 fully saturated rings. The van der Waals surface area contributed by atoms with Crippen LogP contribution in [0.3, 0.4) is 0 Å². The summed E-state index contributed by atoms with van der Waals surface area (Å²) >= 11 is 0. The lowest BCUT2D eigenvalue weighted by atomic mass is 9.99. The minimum Gasteiger partial charge on any atom is -0.382 e. The Kier molecular flexibility index (Phi) is 8.58. The predicted molar refractivity (Wildman–Crippen MR) is 98.8 cm³/mol. The number of benzene rings is 1. The first-order valence-electron chi connectivity index (χ1n) is 8.79. The lowest BCUT2D eigenvalue weighted by Gasteiger charge is -2.24. The van der Waals surface area contributed by atoms with Gasteiger partial charge in [0.25, 0.3) is 5.91 Å². The summed E-state index contributed by atoms with van der Waals surface area (Å²) in [4.78, 5) is 24.6. The summed E-state index contributed by atoms with van der Waals surface area (Å²) < 4.78 is 0. The summed E-state index contributed by atoms with van der Waals surface area (Å²) in [6, 6.07) is 7.98. The van der Waals surface area contributed by atoms with Gasteiger partial charge in [-0.05, 0) is 38.2 Å². The van der Waals surface area contributed by atoms with E-state index in [1.165, 1.54) is 0 Å². The zero-order chi connectivity index (χ0) is 19.0. The minimum absolute atomic E-state index is 0.0238. The molecule has 140 valence electrons. The molecular formula is C19H31N3O3. The number of aliphatic hydroxyl groups is 1. The van der Waals surface area contributed by atoms with Gasteiger partial charge in [-0.15, -0.1) is 0 Å². The Morgan fingerprint density at radius 1 is 1.04 bits per heavy atom. The molecule has 25 heavy (non-hydrogen) atoms. The van der Waals surface area contributed by atoms with E-state index in [1.54, 1.807) is 0 Å². The van der Waals surface area contributed by atoms with E-state index in [1.807, 2.05) is 58.0 Å². The van der Waals surface area contributed by atoms with Crippen molar-refractivity contribution in [2.75, 3.05) is 0 Å². The molecule has 3 unspecified atom stereocenters. The van der Waals surface area contributed by atoms with Gasteiger partial charge < -0.3 is 21.5 Å². The van der Waals surface area contributed by atoms with Gasteiger partial charge in [0.1, 0.15) is 12.1 Å². The number of hydrogen-bond donors (Lipinski definition) is 4. The van der Waals surface area contributed by atoms with Gasteiger partial charge in [0, 0.05) is 12.1 Å². The maximum atomic E-state index is 12.3. The average Bonchev–Trinajstić information content (AvgIpc) is 2.53. The van der Waals surface area contributed by atoms with Gasteiger partial charge in [-0.25, -0.2) is 0 Å². The molecule has 0 spiro atoms. The van der Waals surface area contributed by atoms with E-state index >= 15 is 0 Å². The number of rotatable bonds is 9. The van der Waals surface area contributed by atoms with E-state index in [4.69, 9.17) is 5.73 Å². The van der Waals surface area contributed by atoms with E-state index in [2.05, 4.69) is 10.6 Å². The highest BCUT2D eigenvalue weighted by Gasteiger charge is 2.28. The molecule has 0 saturated carbocycles. The molecule has 2 amide bonds. The molecule has 1 aromatic rings. The highest BCUT2D eigenvalue weighted by molar-refractivity contribution is 5.89. The smallest absolute Gasteiger partial charge is 0.251 e. The Bertz CT molecular complexity index is 546. The summed E-state index contributed by atoms with van der Waals surface area (Å²) in [5.41, 5.74) is 6.92. The van der Waals surface area contributed by atoms with Crippen LogP contribution in [0, 0.1) is 5.92 Å². The van der Waals surface area contributed by atoms with Crippen LogP contribution in [0.15, 0.2) is 30.3 Å². The number of nitrogens with two attached hydrogens (primary N) is 1. The first-order valence-corrected chi connectivity index (χ1v) is 8.79. The van der Waals surface area contributed by atoms with Crippen LogP contribution in [-0.4, -0.2) is 41.2 Å². The minimum atomic E-state index is -1.37. The molecule has 6 nitrogen and oxygen atoms in total. The lowest BCUT2D eigenvalue weighted by molar-refractivity contribution is -0.135. The van der Waals surface area contributed by atoms with Gasteiger partial charge in [-0.2, -0.15) is 0 Å². The van der Waals surface area contributed by atoms with E-state index < -0.39 is 24.1 Å². The number of amides is 2. The molecular weight excluding hydrogens is 318 g/mol. The third kappa shape index (κ3) is 7.67. The van der Waals surface area contributed by atoms with Gasteiger partial charge in [0.15, 0.2) is 0 Å². The molecule has 1 aromatic carbocycles. The SMILES string of the molecule is CC(C)CC(NC(=O)C(O)C(N)Cc1ccccc1)C(=O)NC(C)C. The Balaban J connectivity index is 2.68. The molecule has 0 aromatic heterocycles. The van der Waals surface area contributed by atoms with Crippen LogP contribution in [0.25, 0.3) is 0 Å². The summed E-state index contributed by atoms with van der Waals surface area (Å²) in [7, 11) is 0. The fourth-order valence-corrected chi connectivity index (χ4v) is 2.54. The van der Waals surface area contributed by atoms with E-state index in [0.29, 0.717) is 12.8 Å². The largest absolute Gasteiger partial charge is 0.382 e. The molecule has 0 saturated heterocycles. The molecule has 0 bridgehead atoms. The molecule has 0 aliphatic carbocycles. The molecule has 0 aliphatic heterocycles. The maximum Gasteiger partial charge on any atom is 0.251 e. The highest BCUT2D eigenvalue weighted by Crippen LogP contribution is 2.08. The third-order valence-electron chi connectivity index (χ3n) is 3.76. The fourth-order valence-electron chi connectivity index (χ4n) is 2.54. The number of carbonyl (C=O) groups excluding carboxylic acids is 2. The maximum absolute atomic E-state index is 12.3. The lowest BCUT2D eigenvalue weighted by Crippen LogP contribution is -2.55. The molecule has 3 atom stereocenters. The van der Waals surface area contributed by atoms with Crippen LogP contribution in [0.5, 0.6) is 0 Å².